The van der Waals surface area contributed by atoms with Gasteiger partial charge in [-0.2, -0.15) is 0 Å². The van der Waals surface area contributed by atoms with E-state index in [1.807, 2.05) is 0 Å². The first-order valence-electron chi connectivity index (χ1n) is 7.53. The average Bonchev–Trinajstić information content (AvgIpc) is 2.96. The van der Waals surface area contributed by atoms with E-state index in [9.17, 15) is 19.5 Å². The van der Waals surface area contributed by atoms with Crippen LogP contribution in [0.3, 0.4) is 0 Å². The molecule has 0 saturated carbocycles. The molecule has 2 aliphatic rings. The smallest absolute Gasteiger partial charge is 0.328 e. The van der Waals surface area contributed by atoms with Gasteiger partial charge in [0.05, 0.1) is 6.61 Å². The number of piperidine rings is 1. The molecule has 0 aromatic heterocycles. The zero-order valence-electron chi connectivity index (χ0n) is 12.3. The first-order valence-corrected chi connectivity index (χ1v) is 7.53. The van der Waals surface area contributed by atoms with Crippen molar-refractivity contribution in [1.82, 2.24) is 9.80 Å². The van der Waals surface area contributed by atoms with Crippen molar-refractivity contribution < 1.29 is 24.2 Å². The molecule has 0 aromatic carbocycles. The number of carbonyl (C=O) groups excluding carboxylic acids is 2. The molecule has 7 heteroatoms. The normalized spacial score (nSPS) is 25.8. The van der Waals surface area contributed by atoms with E-state index in [2.05, 4.69) is 0 Å². The summed E-state index contributed by atoms with van der Waals surface area (Å²) in [5.74, 6) is -1.37. The summed E-state index contributed by atoms with van der Waals surface area (Å²) in [6.45, 7) is 2.92. The van der Waals surface area contributed by atoms with Crippen molar-refractivity contribution in [3.63, 3.8) is 0 Å². The topological polar surface area (TPSA) is 87.2 Å². The van der Waals surface area contributed by atoms with Crippen LogP contribution in [0.2, 0.25) is 0 Å². The summed E-state index contributed by atoms with van der Waals surface area (Å²) in [6.07, 6.45) is 3.43. The van der Waals surface area contributed by atoms with Gasteiger partial charge in [-0.15, -0.1) is 0 Å². The van der Waals surface area contributed by atoms with Crippen molar-refractivity contribution in [3.05, 3.63) is 0 Å². The van der Waals surface area contributed by atoms with E-state index in [-0.39, 0.29) is 12.6 Å². The van der Waals surface area contributed by atoms with Crippen molar-refractivity contribution >= 4 is 18.0 Å². The molecule has 2 atom stereocenters. The van der Waals surface area contributed by atoms with Crippen molar-refractivity contribution in [3.8, 4) is 0 Å². The molecule has 0 spiro atoms. The zero-order chi connectivity index (χ0) is 15.4. The molecule has 2 saturated heterocycles. The van der Waals surface area contributed by atoms with Gasteiger partial charge in [-0.25, -0.2) is 14.4 Å². The second-order valence-electron chi connectivity index (χ2n) is 5.43. The molecule has 2 fully saturated rings. The molecule has 2 amide bonds. The molecule has 0 bridgehead atoms. The van der Waals surface area contributed by atoms with Crippen LogP contribution in [0.1, 0.15) is 39.0 Å². The number of hydrogen-bond acceptors (Lipinski definition) is 4. The molecule has 2 rings (SSSR count). The van der Waals surface area contributed by atoms with E-state index in [4.69, 9.17) is 4.74 Å². The molecular weight excluding hydrogens is 276 g/mol. The Morgan fingerprint density at radius 2 is 1.67 bits per heavy atom. The van der Waals surface area contributed by atoms with Gasteiger partial charge in [-0.1, -0.05) is 0 Å². The van der Waals surface area contributed by atoms with Crippen LogP contribution in [-0.4, -0.2) is 64.7 Å². The van der Waals surface area contributed by atoms with Crippen LogP contribution < -0.4 is 0 Å². The first-order chi connectivity index (χ1) is 10.1. The minimum absolute atomic E-state index is 0.277. The first kappa shape index (κ1) is 15.6. The Hall–Kier alpha value is -1.79. The molecule has 2 aliphatic heterocycles. The van der Waals surface area contributed by atoms with Crippen LogP contribution in [0.5, 0.6) is 0 Å². The fourth-order valence-electron chi connectivity index (χ4n) is 3.06. The third-order valence-electron chi connectivity index (χ3n) is 4.09. The Morgan fingerprint density at radius 1 is 1.05 bits per heavy atom. The molecule has 0 radical (unpaired) electrons. The van der Waals surface area contributed by atoms with Gasteiger partial charge in [-0.3, -0.25) is 0 Å². The minimum atomic E-state index is -0.981. The predicted octanol–water partition coefficient (Wildman–Crippen LogP) is 1.07. The number of urea groups is 1. The van der Waals surface area contributed by atoms with Gasteiger partial charge in [0, 0.05) is 13.1 Å². The van der Waals surface area contributed by atoms with Gasteiger partial charge in [-0.05, 0) is 39.0 Å². The SMILES string of the molecule is CCOC(=O)C1CCCCN1C(=O)N1CCCC1C(=O)O. The number of rotatable bonds is 3. The van der Waals surface area contributed by atoms with Crippen molar-refractivity contribution in [1.29, 1.82) is 0 Å². The number of carboxylic acids is 1. The molecule has 0 aromatic rings. The summed E-state index contributed by atoms with van der Waals surface area (Å²) in [5.41, 5.74) is 0. The molecule has 1 N–H and O–H groups in total. The fourth-order valence-corrected chi connectivity index (χ4v) is 3.06. The standard InChI is InChI=1S/C14H22N2O5/c1-2-21-13(19)11-6-3-4-8-16(11)14(20)15-9-5-7-10(15)12(17)18/h10-11H,2-9H2,1H3,(H,17,18). The lowest BCUT2D eigenvalue weighted by Gasteiger charge is -2.37. The van der Waals surface area contributed by atoms with Crippen LogP contribution in [-0.2, 0) is 14.3 Å². The predicted molar refractivity (Wildman–Crippen MR) is 73.7 cm³/mol. The van der Waals surface area contributed by atoms with Crippen LogP contribution in [0.4, 0.5) is 4.79 Å². The van der Waals surface area contributed by atoms with E-state index >= 15 is 0 Å². The molecule has 21 heavy (non-hydrogen) atoms. The number of carbonyl (C=O) groups is 3. The molecule has 2 heterocycles. The number of esters is 1. The number of hydrogen-bond donors (Lipinski definition) is 1. The summed E-state index contributed by atoms with van der Waals surface area (Å²) in [6, 6.07) is -1.71. The fraction of sp³-hybridized carbons (Fsp3) is 0.786. The van der Waals surface area contributed by atoms with Gasteiger partial charge < -0.3 is 19.6 Å². The number of ether oxygens (including phenoxy) is 1. The zero-order valence-corrected chi connectivity index (χ0v) is 12.3. The quantitative estimate of drug-likeness (QED) is 0.788. The van der Waals surface area contributed by atoms with Gasteiger partial charge in [0.25, 0.3) is 0 Å². The molecule has 7 nitrogen and oxygen atoms in total. The summed E-state index contributed by atoms with van der Waals surface area (Å²) < 4.78 is 5.03. The van der Waals surface area contributed by atoms with Crippen molar-refractivity contribution in [2.45, 2.75) is 51.1 Å². The van der Waals surface area contributed by atoms with Gasteiger partial charge >= 0.3 is 18.0 Å². The monoisotopic (exact) mass is 298 g/mol. The Labute approximate surface area is 123 Å². The van der Waals surface area contributed by atoms with Gasteiger partial charge in [0.1, 0.15) is 12.1 Å². The highest BCUT2D eigenvalue weighted by Crippen LogP contribution is 2.24. The molecule has 0 aliphatic carbocycles. The molecule has 118 valence electrons. The van der Waals surface area contributed by atoms with Crippen LogP contribution in [0.25, 0.3) is 0 Å². The highest BCUT2D eigenvalue weighted by molar-refractivity contribution is 5.87. The Morgan fingerprint density at radius 3 is 2.33 bits per heavy atom. The van der Waals surface area contributed by atoms with Crippen LogP contribution in [0, 0.1) is 0 Å². The van der Waals surface area contributed by atoms with Crippen molar-refractivity contribution in [2.75, 3.05) is 19.7 Å². The Kier molecular flexibility index (Phi) is 5.03. The lowest BCUT2D eigenvalue weighted by atomic mass is 10.0. The maximum atomic E-state index is 12.6. The number of aliphatic carboxylic acids is 1. The third-order valence-corrected chi connectivity index (χ3v) is 4.09. The second-order valence-corrected chi connectivity index (χ2v) is 5.43. The Bertz CT molecular complexity index is 426. The number of amides is 2. The number of nitrogens with zero attached hydrogens (tertiary/aromatic N) is 2. The summed E-state index contributed by atoms with van der Waals surface area (Å²) in [5, 5.41) is 9.19. The van der Waals surface area contributed by atoms with Crippen LogP contribution in [0.15, 0.2) is 0 Å². The lowest BCUT2D eigenvalue weighted by Crippen LogP contribution is -2.55. The van der Waals surface area contributed by atoms with E-state index in [0.717, 1.165) is 12.8 Å². The molecular formula is C14H22N2O5. The van der Waals surface area contributed by atoms with Crippen LogP contribution >= 0.6 is 0 Å². The van der Waals surface area contributed by atoms with E-state index in [0.29, 0.717) is 32.4 Å². The second kappa shape index (κ2) is 6.78. The van der Waals surface area contributed by atoms with E-state index in [1.165, 1.54) is 9.80 Å². The number of likely N-dealkylation sites (tertiary alicyclic amines) is 2. The van der Waals surface area contributed by atoms with Crippen molar-refractivity contribution in [2.24, 2.45) is 0 Å². The summed E-state index contributed by atoms with van der Waals surface area (Å²) >= 11 is 0. The minimum Gasteiger partial charge on any atom is -0.480 e. The van der Waals surface area contributed by atoms with Gasteiger partial charge in [0.2, 0.25) is 0 Å². The van der Waals surface area contributed by atoms with E-state index < -0.39 is 24.0 Å². The van der Waals surface area contributed by atoms with Gasteiger partial charge in [0.15, 0.2) is 0 Å². The largest absolute Gasteiger partial charge is 0.480 e. The number of carboxylic acid groups (broad SMARTS) is 1. The molecule has 2 unspecified atom stereocenters. The maximum Gasteiger partial charge on any atom is 0.328 e. The average molecular weight is 298 g/mol. The Balaban J connectivity index is 2.11. The highest BCUT2D eigenvalue weighted by atomic mass is 16.5. The maximum absolute atomic E-state index is 12.6. The lowest BCUT2D eigenvalue weighted by molar-refractivity contribution is -0.149. The third kappa shape index (κ3) is 3.28. The summed E-state index contributed by atoms with van der Waals surface area (Å²) in [7, 11) is 0. The van der Waals surface area contributed by atoms with E-state index in [1.54, 1.807) is 6.92 Å². The summed E-state index contributed by atoms with van der Waals surface area (Å²) in [4.78, 5) is 38.7. The highest BCUT2D eigenvalue weighted by Gasteiger charge is 2.41.